The first kappa shape index (κ1) is 19.4. The van der Waals surface area contributed by atoms with Crippen LogP contribution in [-0.4, -0.2) is 43.4 Å². The molecule has 0 bridgehead atoms. The number of carbonyl (C=O) groups is 2. The Balaban J connectivity index is 1.76. The zero-order chi connectivity index (χ0) is 22.8. The maximum absolute atomic E-state index is 13.4. The summed E-state index contributed by atoms with van der Waals surface area (Å²) in [5, 5.41) is 49.2. The number of ketones is 1. The molecule has 0 aromatic heterocycles. The van der Waals surface area contributed by atoms with Crippen molar-refractivity contribution in [1.29, 1.82) is 0 Å². The predicted octanol–water partition coefficient (Wildman–Crippen LogP) is 2.48. The van der Waals surface area contributed by atoms with Crippen molar-refractivity contribution >= 4 is 11.8 Å². The van der Waals surface area contributed by atoms with E-state index in [2.05, 4.69) is 0 Å². The minimum Gasteiger partial charge on any atom is -0.508 e. The Morgan fingerprint density at radius 1 is 0.812 bits per heavy atom. The Morgan fingerprint density at radius 2 is 1.56 bits per heavy atom. The summed E-state index contributed by atoms with van der Waals surface area (Å²) < 4.78 is 17.8. The molecule has 2 aliphatic heterocycles. The van der Waals surface area contributed by atoms with E-state index in [1.165, 1.54) is 24.3 Å². The molecule has 0 saturated carbocycles. The van der Waals surface area contributed by atoms with E-state index in [1.807, 2.05) is 0 Å². The SMILES string of the molecule is O=C(O)c1ccc2c(c1)OC1(c3ccc(O)c(O)c3)Oc3cc(O)cc(O)c3C(=O)C1O2. The first-order chi connectivity index (χ1) is 15.2. The van der Waals surface area contributed by atoms with E-state index in [9.17, 15) is 35.1 Å². The van der Waals surface area contributed by atoms with Gasteiger partial charge in [0.25, 0.3) is 0 Å². The van der Waals surface area contributed by atoms with E-state index < -0.39 is 40.9 Å². The molecule has 2 heterocycles. The number of carboxylic acid groups (broad SMARTS) is 1. The van der Waals surface area contributed by atoms with Gasteiger partial charge in [0.2, 0.25) is 11.9 Å². The summed E-state index contributed by atoms with van der Waals surface area (Å²) >= 11 is 0. The van der Waals surface area contributed by atoms with Gasteiger partial charge in [-0.25, -0.2) is 4.79 Å². The molecule has 2 atom stereocenters. The van der Waals surface area contributed by atoms with Crippen LogP contribution >= 0.6 is 0 Å². The molecule has 5 rings (SSSR count). The third kappa shape index (κ3) is 2.66. The molecule has 10 nitrogen and oxygen atoms in total. The van der Waals surface area contributed by atoms with Crippen LogP contribution in [0.15, 0.2) is 48.5 Å². The second kappa shape index (κ2) is 6.45. The van der Waals surface area contributed by atoms with Crippen LogP contribution in [-0.2, 0) is 5.79 Å². The third-order valence-corrected chi connectivity index (χ3v) is 5.23. The summed E-state index contributed by atoms with van der Waals surface area (Å²) in [7, 11) is 0. The molecular formula is C22H14O10. The summed E-state index contributed by atoms with van der Waals surface area (Å²) in [4.78, 5) is 24.8. The molecule has 3 aromatic carbocycles. The van der Waals surface area contributed by atoms with Crippen LogP contribution in [0.4, 0.5) is 0 Å². The molecule has 10 heteroatoms. The molecule has 0 radical (unpaired) electrons. The lowest BCUT2D eigenvalue weighted by molar-refractivity contribution is -0.192. The number of carboxylic acids is 1. The maximum Gasteiger partial charge on any atom is 0.335 e. The average molecular weight is 438 g/mol. The fourth-order valence-corrected chi connectivity index (χ4v) is 3.76. The van der Waals surface area contributed by atoms with Crippen LogP contribution in [0.1, 0.15) is 26.3 Å². The number of Topliss-reactive ketones (excluding diaryl/α,β-unsaturated/α-hetero) is 1. The molecule has 0 fully saturated rings. The molecule has 2 unspecified atom stereocenters. The van der Waals surface area contributed by atoms with E-state index in [0.29, 0.717) is 0 Å². The van der Waals surface area contributed by atoms with Crippen LogP contribution in [0.3, 0.4) is 0 Å². The zero-order valence-corrected chi connectivity index (χ0v) is 16.0. The van der Waals surface area contributed by atoms with Gasteiger partial charge < -0.3 is 39.7 Å². The lowest BCUT2D eigenvalue weighted by Gasteiger charge is -2.45. The lowest BCUT2D eigenvalue weighted by atomic mass is 9.88. The molecule has 5 N–H and O–H groups in total. The number of aromatic hydroxyl groups is 4. The van der Waals surface area contributed by atoms with Gasteiger partial charge in [0, 0.05) is 17.7 Å². The van der Waals surface area contributed by atoms with E-state index in [-0.39, 0.29) is 39.7 Å². The molecule has 3 aromatic rings. The number of ether oxygens (including phenoxy) is 3. The number of fused-ring (bicyclic) bond motifs is 3. The number of hydrogen-bond acceptors (Lipinski definition) is 9. The smallest absolute Gasteiger partial charge is 0.335 e. The van der Waals surface area contributed by atoms with Crippen molar-refractivity contribution in [3.05, 3.63) is 65.2 Å². The van der Waals surface area contributed by atoms with Gasteiger partial charge >= 0.3 is 11.8 Å². The fourth-order valence-electron chi connectivity index (χ4n) is 3.76. The highest BCUT2D eigenvalue weighted by molar-refractivity contribution is 6.06. The highest BCUT2D eigenvalue weighted by Gasteiger charge is 2.59. The number of benzene rings is 3. The second-order valence-electron chi connectivity index (χ2n) is 7.24. The van der Waals surface area contributed by atoms with E-state index in [1.54, 1.807) is 0 Å². The van der Waals surface area contributed by atoms with Gasteiger partial charge in [-0.15, -0.1) is 0 Å². The molecule has 0 amide bonds. The van der Waals surface area contributed by atoms with Crippen molar-refractivity contribution in [3.8, 4) is 40.2 Å². The normalized spacial score (nSPS) is 20.6. The van der Waals surface area contributed by atoms with Gasteiger partial charge in [0.15, 0.2) is 23.0 Å². The fraction of sp³-hybridized carbons (Fsp3) is 0.0909. The Bertz CT molecular complexity index is 1310. The maximum atomic E-state index is 13.4. The second-order valence-corrected chi connectivity index (χ2v) is 7.24. The largest absolute Gasteiger partial charge is 0.508 e. The molecule has 162 valence electrons. The van der Waals surface area contributed by atoms with Gasteiger partial charge in [-0.2, -0.15) is 0 Å². The molecular weight excluding hydrogens is 424 g/mol. The summed E-state index contributed by atoms with van der Waals surface area (Å²) in [6.45, 7) is 0. The van der Waals surface area contributed by atoms with E-state index in [4.69, 9.17) is 14.2 Å². The van der Waals surface area contributed by atoms with Gasteiger partial charge in [0.05, 0.1) is 5.56 Å². The topological polar surface area (TPSA) is 163 Å². The minimum absolute atomic E-state index is 0.0472. The van der Waals surface area contributed by atoms with Crippen LogP contribution in [0.25, 0.3) is 0 Å². The number of phenolic OH excluding ortho intramolecular Hbond substituents is 4. The lowest BCUT2D eigenvalue weighted by Crippen LogP contribution is -2.60. The first-order valence-corrected chi connectivity index (χ1v) is 9.24. The van der Waals surface area contributed by atoms with Gasteiger partial charge in [0.1, 0.15) is 22.8 Å². The number of aromatic carboxylic acids is 1. The molecule has 32 heavy (non-hydrogen) atoms. The highest BCUT2D eigenvalue weighted by atomic mass is 16.7. The van der Waals surface area contributed by atoms with Crippen molar-refractivity contribution in [2.75, 3.05) is 0 Å². The van der Waals surface area contributed by atoms with Crippen molar-refractivity contribution in [2.24, 2.45) is 0 Å². The predicted molar refractivity (Wildman–Crippen MR) is 105 cm³/mol. The third-order valence-electron chi connectivity index (χ3n) is 5.23. The quantitative estimate of drug-likeness (QED) is 0.376. The number of phenols is 4. The standard InChI is InChI=1S/C22H14O10/c23-11-7-14(26)18-17(8-11)32-22(10-2-3-12(24)13(25)6-10)20(19(18)27)30-15-4-1-9(21(28)29)5-16(15)31-22/h1-8,20,23-26H,(H,28,29). The van der Waals surface area contributed by atoms with Crippen molar-refractivity contribution in [2.45, 2.75) is 11.9 Å². The molecule has 0 aliphatic carbocycles. The van der Waals surface area contributed by atoms with E-state index >= 15 is 0 Å². The Kier molecular flexibility index (Phi) is 3.90. The van der Waals surface area contributed by atoms with Crippen LogP contribution in [0.2, 0.25) is 0 Å². The highest BCUT2D eigenvalue weighted by Crippen LogP contribution is 2.51. The number of carbonyl (C=O) groups excluding carboxylic acids is 1. The average Bonchev–Trinajstić information content (AvgIpc) is 2.73. The van der Waals surface area contributed by atoms with Gasteiger partial charge in [-0.3, -0.25) is 4.79 Å². The molecule has 0 spiro atoms. The zero-order valence-electron chi connectivity index (χ0n) is 16.0. The van der Waals surface area contributed by atoms with Crippen LogP contribution in [0.5, 0.6) is 40.2 Å². The van der Waals surface area contributed by atoms with Gasteiger partial charge in [-0.1, -0.05) is 0 Å². The Labute approximate surface area is 179 Å². The van der Waals surface area contributed by atoms with E-state index in [0.717, 1.165) is 24.3 Å². The Morgan fingerprint density at radius 3 is 2.28 bits per heavy atom. The summed E-state index contributed by atoms with van der Waals surface area (Å²) in [5.74, 6) is -6.19. The minimum atomic E-state index is -2.08. The van der Waals surface area contributed by atoms with Gasteiger partial charge in [-0.05, 0) is 36.4 Å². The monoisotopic (exact) mass is 438 g/mol. The number of rotatable bonds is 2. The van der Waals surface area contributed by atoms with Crippen molar-refractivity contribution < 1.29 is 49.3 Å². The van der Waals surface area contributed by atoms with Crippen molar-refractivity contribution in [3.63, 3.8) is 0 Å². The number of hydrogen-bond donors (Lipinski definition) is 5. The summed E-state index contributed by atoms with van der Waals surface area (Å²) in [6.07, 6.45) is -1.53. The van der Waals surface area contributed by atoms with Crippen LogP contribution < -0.4 is 14.2 Å². The first-order valence-electron chi connectivity index (χ1n) is 9.24. The van der Waals surface area contributed by atoms with Crippen molar-refractivity contribution in [1.82, 2.24) is 0 Å². The Hall–Kier alpha value is -4.60. The summed E-state index contributed by atoms with van der Waals surface area (Å²) in [5.41, 5.74) is -0.320. The van der Waals surface area contributed by atoms with Crippen LogP contribution in [0, 0.1) is 0 Å². The molecule has 2 aliphatic rings. The summed E-state index contributed by atoms with van der Waals surface area (Å²) in [6, 6.07) is 9.38. The molecule has 0 saturated heterocycles.